The molecule has 2 N–H and O–H groups in total. The number of rotatable bonds is 5. The Labute approximate surface area is 164 Å². The fourth-order valence-corrected chi connectivity index (χ4v) is 2.55. The molecule has 0 fully saturated rings. The summed E-state index contributed by atoms with van der Waals surface area (Å²) in [6.07, 6.45) is 1.44. The van der Waals surface area contributed by atoms with E-state index in [9.17, 15) is 9.59 Å². The van der Waals surface area contributed by atoms with E-state index in [1.165, 1.54) is 6.26 Å². The first-order chi connectivity index (χ1) is 13.0. The van der Waals surface area contributed by atoms with E-state index in [4.69, 9.17) is 4.42 Å². The van der Waals surface area contributed by atoms with Crippen molar-refractivity contribution in [3.05, 3.63) is 88.3 Å². The van der Waals surface area contributed by atoms with Gasteiger partial charge in [-0.1, -0.05) is 28.1 Å². The highest BCUT2D eigenvalue weighted by Gasteiger charge is 2.10. The topological polar surface area (TPSA) is 83.7 Å². The maximum atomic E-state index is 12.1. The van der Waals surface area contributed by atoms with Crippen LogP contribution < -0.4 is 10.7 Å². The maximum Gasteiger partial charge on any atom is 0.291 e. The van der Waals surface area contributed by atoms with Gasteiger partial charge in [0.05, 0.1) is 12.0 Å². The Bertz CT molecular complexity index is 980. The molecule has 1 aromatic heterocycles. The second-order valence-electron chi connectivity index (χ2n) is 5.66. The second-order valence-corrected chi connectivity index (χ2v) is 6.57. The van der Waals surface area contributed by atoms with Gasteiger partial charge in [0.25, 0.3) is 11.8 Å². The molecule has 0 saturated heterocycles. The predicted octanol–water partition coefficient (Wildman–Crippen LogP) is 4.45. The minimum atomic E-state index is -0.338. The van der Waals surface area contributed by atoms with Gasteiger partial charge in [0.15, 0.2) is 5.76 Å². The van der Waals surface area contributed by atoms with Crippen molar-refractivity contribution in [3.8, 4) is 0 Å². The summed E-state index contributed by atoms with van der Waals surface area (Å²) in [5, 5.41) is 6.89. The number of hydrazone groups is 1. The van der Waals surface area contributed by atoms with Crippen LogP contribution in [0.15, 0.2) is 80.9 Å². The molecule has 0 saturated carbocycles. The largest absolute Gasteiger partial charge is 0.459 e. The lowest BCUT2D eigenvalue weighted by molar-refractivity contribution is 0.0953. The van der Waals surface area contributed by atoms with Crippen LogP contribution in [0.5, 0.6) is 0 Å². The van der Waals surface area contributed by atoms with E-state index in [0.717, 1.165) is 10.0 Å². The minimum Gasteiger partial charge on any atom is -0.459 e. The Morgan fingerprint density at radius 3 is 2.44 bits per heavy atom. The van der Waals surface area contributed by atoms with Crippen molar-refractivity contribution in [1.29, 1.82) is 0 Å². The highest BCUT2D eigenvalue weighted by molar-refractivity contribution is 9.10. The van der Waals surface area contributed by atoms with Crippen molar-refractivity contribution in [1.82, 2.24) is 5.43 Å². The normalized spacial score (nSPS) is 11.1. The molecule has 2 amide bonds. The zero-order valence-corrected chi connectivity index (χ0v) is 16.0. The molecule has 0 atom stereocenters. The molecule has 6 nitrogen and oxygen atoms in total. The smallest absolute Gasteiger partial charge is 0.291 e. The number of nitrogens with zero attached hydrogens (tertiary/aromatic N) is 1. The first-order valence-electron chi connectivity index (χ1n) is 8.08. The number of benzene rings is 2. The van der Waals surface area contributed by atoms with Gasteiger partial charge in [-0.3, -0.25) is 9.59 Å². The molecule has 0 aliphatic rings. The number of hydrogen-bond donors (Lipinski definition) is 2. The zero-order valence-electron chi connectivity index (χ0n) is 14.4. The quantitative estimate of drug-likeness (QED) is 0.467. The standard InChI is InChI=1S/C20H16BrN3O3/c1-13(23-24-19(25)14-7-9-16(21)10-8-14)15-4-2-5-17(12-15)22-20(26)18-6-3-11-27-18/h2-12H,1H3,(H,22,26)(H,24,25)/b23-13+. The van der Waals surface area contributed by atoms with Gasteiger partial charge in [0.2, 0.25) is 0 Å². The third kappa shape index (κ3) is 4.92. The zero-order chi connectivity index (χ0) is 19.2. The van der Waals surface area contributed by atoms with Gasteiger partial charge in [0, 0.05) is 15.7 Å². The lowest BCUT2D eigenvalue weighted by Gasteiger charge is -2.07. The van der Waals surface area contributed by atoms with E-state index in [1.54, 1.807) is 61.5 Å². The molecule has 2 aromatic carbocycles. The minimum absolute atomic E-state index is 0.229. The average Bonchev–Trinajstić information content (AvgIpc) is 3.21. The number of carbonyl (C=O) groups excluding carboxylic acids is 2. The van der Waals surface area contributed by atoms with Crippen LogP contribution in [-0.2, 0) is 0 Å². The Balaban J connectivity index is 1.68. The number of halogens is 1. The van der Waals surface area contributed by atoms with E-state index >= 15 is 0 Å². The molecule has 0 bridgehead atoms. The number of anilines is 1. The Kier molecular flexibility index (Phi) is 5.83. The molecule has 27 heavy (non-hydrogen) atoms. The van der Waals surface area contributed by atoms with Crippen LogP contribution >= 0.6 is 15.9 Å². The van der Waals surface area contributed by atoms with Crippen molar-refractivity contribution >= 4 is 39.1 Å². The summed E-state index contributed by atoms with van der Waals surface area (Å²) in [6.45, 7) is 1.77. The Morgan fingerprint density at radius 1 is 0.963 bits per heavy atom. The van der Waals surface area contributed by atoms with Crippen molar-refractivity contribution in [2.45, 2.75) is 6.92 Å². The average molecular weight is 426 g/mol. The van der Waals surface area contributed by atoms with Crippen molar-refractivity contribution in [2.75, 3.05) is 5.32 Å². The number of nitrogens with one attached hydrogen (secondary N) is 2. The van der Waals surface area contributed by atoms with Gasteiger partial charge in [-0.25, -0.2) is 5.43 Å². The predicted molar refractivity (Wildman–Crippen MR) is 107 cm³/mol. The summed E-state index contributed by atoms with van der Waals surface area (Å²) in [6, 6.07) is 17.4. The van der Waals surface area contributed by atoms with Gasteiger partial charge in [0.1, 0.15) is 0 Å². The number of carbonyl (C=O) groups is 2. The van der Waals surface area contributed by atoms with Crippen molar-refractivity contribution < 1.29 is 14.0 Å². The molecular formula is C20H16BrN3O3. The maximum absolute atomic E-state index is 12.1. The summed E-state index contributed by atoms with van der Waals surface area (Å²) in [4.78, 5) is 24.2. The molecule has 0 aliphatic heterocycles. The summed E-state index contributed by atoms with van der Waals surface area (Å²) >= 11 is 3.33. The third-order valence-electron chi connectivity index (χ3n) is 3.71. The van der Waals surface area contributed by atoms with E-state index < -0.39 is 0 Å². The van der Waals surface area contributed by atoms with E-state index in [1.807, 2.05) is 6.07 Å². The number of hydrogen-bond acceptors (Lipinski definition) is 4. The van der Waals surface area contributed by atoms with Gasteiger partial charge in [-0.15, -0.1) is 0 Å². The van der Waals surface area contributed by atoms with Crippen LogP contribution in [-0.4, -0.2) is 17.5 Å². The third-order valence-corrected chi connectivity index (χ3v) is 4.24. The molecule has 0 spiro atoms. The van der Waals surface area contributed by atoms with Crippen molar-refractivity contribution in [3.63, 3.8) is 0 Å². The van der Waals surface area contributed by atoms with E-state index in [2.05, 4.69) is 31.8 Å². The SMILES string of the molecule is C/C(=N\NC(=O)c1ccc(Br)cc1)c1cccc(NC(=O)c2ccco2)c1. The Hall–Kier alpha value is -3.19. The fourth-order valence-electron chi connectivity index (χ4n) is 2.29. The second kappa shape index (κ2) is 8.46. The van der Waals surface area contributed by atoms with Crippen LogP contribution in [0.1, 0.15) is 33.4 Å². The monoisotopic (exact) mass is 425 g/mol. The molecule has 136 valence electrons. The Morgan fingerprint density at radius 2 is 1.74 bits per heavy atom. The highest BCUT2D eigenvalue weighted by atomic mass is 79.9. The molecular weight excluding hydrogens is 410 g/mol. The summed E-state index contributed by atoms with van der Waals surface area (Å²) in [7, 11) is 0. The highest BCUT2D eigenvalue weighted by Crippen LogP contribution is 2.14. The lowest BCUT2D eigenvalue weighted by Crippen LogP contribution is -2.19. The van der Waals surface area contributed by atoms with Crippen LogP contribution in [0.4, 0.5) is 5.69 Å². The molecule has 0 radical (unpaired) electrons. The fraction of sp³-hybridized carbons (Fsp3) is 0.0500. The van der Waals surface area contributed by atoms with Crippen LogP contribution in [0, 0.1) is 0 Å². The summed E-state index contributed by atoms with van der Waals surface area (Å²) in [5.74, 6) is -0.410. The van der Waals surface area contributed by atoms with Gasteiger partial charge < -0.3 is 9.73 Å². The molecule has 1 heterocycles. The van der Waals surface area contributed by atoms with Crippen molar-refractivity contribution in [2.24, 2.45) is 5.10 Å². The number of amides is 2. The van der Waals surface area contributed by atoms with Crippen LogP contribution in [0.3, 0.4) is 0 Å². The summed E-state index contributed by atoms with van der Waals surface area (Å²) in [5.41, 5.74) is 5.01. The number of furan rings is 1. The summed E-state index contributed by atoms with van der Waals surface area (Å²) < 4.78 is 5.97. The van der Waals surface area contributed by atoms with Gasteiger partial charge in [-0.05, 0) is 61.0 Å². The molecule has 0 aliphatic carbocycles. The molecule has 3 rings (SSSR count). The lowest BCUT2D eigenvalue weighted by atomic mass is 10.1. The van der Waals surface area contributed by atoms with Gasteiger partial charge in [-0.2, -0.15) is 5.10 Å². The molecule has 3 aromatic rings. The van der Waals surface area contributed by atoms with E-state index in [0.29, 0.717) is 17.0 Å². The van der Waals surface area contributed by atoms with Crippen LogP contribution in [0.25, 0.3) is 0 Å². The molecule has 0 unspecified atom stereocenters. The molecule has 7 heteroatoms. The van der Waals surface area contributed by atoms with E-state index in [-0.39, 0.29) is 17.6 Å². The van der Waals surface area contributed by atoms with Crippen LogP contribution in [0.2, 0.25) is 0 Å². The van der Waals surface area contributed by atoms with Gasteiger partial charge >= 0.3 is 0 Å². The first kappa shape index (κ1) is 18.6. The first-order valence-corrected chi connectivity index (χ1v) is 8.88.